The molecule has 0 saturated heterocycles. The van der Waals surface area contributed by atoms with Gasteiger partial charge < -0.3 is 9.80 Å². The van der Waals surface area contributed by atoms with Crippen LogP contribution in [-0.4, -0.2) is 7.05 Å². The Balaban J connectivity index is 1.01. The van der Waals surface area contributed by atoms with Gasteiger partial charge in [0.1, 0.15) is 0 Å². The largest absolute Gasteiger partial charge is 0.348 e. The SMILES string of the molecule is CN(C1=CC=C(c2ccccc2-c2ccc(N(c3ccc(C4=CCCC=C4)cc3)c3cccc4ccccc34)cc2)CC1)c1ccc(-c2ccccc2)cc1. The van der Waals surface area contributed by atoms with E-state index in [4.69, 9.17) is 0 Å². The molecule has 266 valence electrons. The van der Waals surface area contributed by atoms with Gasteiger partial charge in [0, 0.05) is 35.2 Å². The van der Waals surface area contributed by atoms with Crippen LogP contribution in [0.5, 0.6) is 0 Å². The van der Waals surface area contributed by atoms with Gasteiger partial charge in [0.05, 0.1) is 5.69 Å². The van der Waals surface area contributed by atoms with E-state index in [1.54, 1.807) is 0 Å². The van der Waals surface area contributed by atoms with E-state index in [2.05, 4.69) is 217 Å². The zero-order valence-corrected chi connectivity index (χ0v) is 31.3. The van der Waals surface area contributed by atoms with E-state index < -0.39 is 0 Å². The van der Waals surface area contributed by atoms with Crippen molar-refractivity contribution in [2.75, 3.05) is 16.8 Å². The quantitative estimate of drug-likeness (QED) is 0.147. The molecule has 0 aliphatic heterocycles. The lowest BCUT2D eigenvalue weighted by atomic mass is 9.89. The van der Waals surface area contributed by atoms with Crippen molar-refractivity contribution >= 4 is 44.7 Å². The maximum atomic E-state index is 2.40. The van der Waals surface area contributed by atoms with Gasteiger partial charge in [-0.15, -0.1) is 0 Å². The zero-order chi connectivity index (χ0) is 37.0. The molecule has 0 atom stereocenters. The molecule has 0 N–H and O–H groups in total. The van der Waals surface area contributed by atoms with E-state index in [0.717, 1.165) is 37.1 Å². The Bertz CT molecular complexity index is 2560. The number of benzene rings is 7. The predicted molar refractivity (Wildman–Crippen MR) is 236 cm³/mol. The summed E-state index contributed by atoms with van der Waals surface area (Å²) < 4.78 is 0. The van der Waals surface area contributed by atoms with Gasteiger partial charge >= 0.3 is 0 Å². The lowest BCUT2D eigenvalue weighted by Gasteiger charge is -2.27. The molecule has 2 heteroatoms. The Kier molecular flexibility index (Phi) is 9.55. The summed E-state index contributed by atoms with van der Waals surface area (Å²) in [7, 11) is 2.18. The molecule has 0 heterocycles. The Hall–Kier alpha value is -6.64. The van der Waals surface area contributed by atoms with E-state index in [1.165, 1.54) is 72.4 Å². The second-order valence-electron chi connectivity index (χ2n) is 14.4. The highest BCUT2D eigenvalue weighted by Gasteiger charge is 2.18. The highest BCUT2D eigenvalue weighted by molar-refractivity contribution is 5.99. The molecule has 0 fully saturated rings. The van der Waals surface area contributed by atoms with E-state index in [1.807, 2.05) is 0 Å². The van der Waals surface area contributed by atoms with Crippen molar-refractivity contribution in [3.8, 4) is 22.3 Å². The summed E-state index contributed by atoms with van der Waals surface area (Å²) in [6.07, 6.45) is 15.7. The molecular weight excluding hydrogens is 665 g/mol. The third-order valence-electron chi connectivity index (χ3n) is 11.1. The molecule has 0 amide bonds. The third-order valence-corrected chi connectivity index (χ3v) is 11.1. The monoisotopic (exact) mass is 708 g/mol. The topological polar surface area (TPSA) is 6.48 Å². The van der Waals surface area contributed by atoms with Crippen LogP contribution in [0.1, 0.15) is 36.8 Å². The van der Waals surface area contributed by atoms with Gasteiger partial charge in [0.2, 0.25) is 0 Å². The van der Waals surface area contributed by atoms with Crippen molar-refractivity contribution in [2.45, 2.75) is 25.7 Å². The maximum absolute atomic E-state index is 2.40. The molecule has 9 rings (SSSR count). The zero-order valence-electron chi connectivity index (χ0n) is 31.3. The van der Waals surface area contributed by atoms with E-state index >= 15 is 0 Å². The van der Waals surface area contributed by atoms with Crippen molar-refractivity contribution < 1.29 is 0 Å². The van der Waals surface area contributed by atoms with Crippen LogP contribution in [0.15, 0.2) is 206 Å². The average Bonchev–Trinajstić information content (AvgIpc) is 3.27. The number of fused-ring (bicyclic) bond motifs is 1. The van der Waals surface area contributed by atoms with Gasteiger partial charge in [0.25, 0.3) is 0 Å². The van der Waals surface area contributed by atoms with Gasteiger partial charge in [-0.2, -0.15) is 0 Å². The summed E-state index contributed by atoms with van der Waals surface area (Å²) >= 11 is 0. The summed E-state index contributed by atoms with van der Waals surface area (Å²) in [6, 6.07) is 61.8. The molecule has 2 nitrogen and oxygen atoms in total. The van der Waals surface area contributed by atoms with Crippen LogP contribution in [0, 0.1) is 0 Å². The summed E-state index contributed by atoms with van der Waals surface area (Å²) in [5, 5.41) is 2.46. The summed E-state index contributed by atoms with van der Waals surface area (Å²) in [5.74, 6) is 0. The number of hydrogen-bond donors (Lipinski definition) is 0. The van der Waals surface area contributed by atoms with Gasteiger partial charge in [-0.1, -0.05) is 152 Å². The number of rotatable bonds is 9. The van der Waals surface area contributed by atoms with Crippen molar-refractivity contribution in [3.63, 3.8) is 0 Å². The lowest BCUT2D eigenvalue weighted by molar-refractivity contribution is 0.907. The highest BCUT2D eigenvalue weighted by atomic mass is 15.1. The fraction of sp³-hybridized carbons (Fsp3) is 0.0943. The molecular formula is C53H44N2. The molecule has 55 heavy (non-hydrogen) atoms. The van der Waals surface area contributed by atoms with E-state index in [0.29, 0.717) is 0 Å². The lowest BCUT2D eigenvalue weighted by Crippen LogP contribution is -2.17. The Morgan fingerprint density at radius 1 is 0.455 bits per heavy atom. The van der Waals surface area contributed by atoms with Crippen LogP contribution >= 0.6 is 0 Å². The Morgan fingerprint density at radius 3 is 1.78 bits per heavy atom. The van der Waals surface area contributed by atoms with E-state index in [9.17, 15) is 0 Å². The molecule has 0 saturated carbocycles. The number of hydrogen-bond acceptors (Lipinski definition) is 2. The number of allylic oxidation sites excluding steroid dienone is 8. The molecule has 0 bridgehead atoms. The second-order valence-corrected chi connectivity index (χ2v) is 14.4. The van der Waals surface area contributed by atoms with Gasteiger partial charge in [0.15, 0.2) is 0 Å². The summed E-state index contributed by atoms with van der Waals surface area (Å²) in [6.45, 7) is 0. The molecule has 0 radical (unpaired) electrons. The first kappa shape index (κ1) is 34.1. The van der Waals surface area contributed by atoms with Crippen molar-refractivity contribution in [1.82, 2.24) is 0 Å². The van der Waals surface area contributed by atoms with Crippen molar-refractivity contribution in [1.29, 1.82) is 0 Å². The first-order chi connectivity index (χ1) is 27.2. The molecule has 0 aromatic heterocycles. The maximum Gasteiger partial charge on any atom is 0.0540 e. The minimum atomic E-state index is 0.988. The minimum absolute atomic E-state index is 0.988. The van der Waals surface area contributed by atoms with Crippen molar-refractivity contribution in [3.05, 3.63) is 217 Å². The summed E-state index contributed by atoms with van der Waals surface area (Å²) in [4.78, 5) is 4.72. The van der Waals surface area contributed by atoms with Crippen LogP contribution in [0.3, 0.4) is 0 Å². The molecule has 2 aliphatic carbocycles. The van der Waals surface area contributed by atoms with Crippen molar-refractivity contribution in [2.24, 2.45) is 0 Å². The smallest absolute Gasteiger partial charge is 0.0540 e. The first-order valence-electron chi connectivity index (χ1n) is 19.4. The molecule has 0 unspecified atom stereocenters. The highest BCUT2D eigenvalue weighted by Crippen LogP contribution is 2.41. The predicted octanol–water partition coefficient (Wildman–Crippen LogP) is 14.6. The van der Waals surface area contributed by atoms with E-state index in [-0.39, 0.29) is 0 Å². The fourth-order valence-electron chi connectivity index (χ4n) is 8.07. The van der Waals surface area contributed by atoms with Gasteiger partial charge in [-0.25, -0.2) is 0 Å². The summed E-state index contributed by atoms with van der Waals surface area (Å²) in [5.41, 5.74) is 16.2. The Morgan fingerprint density at radius 2 is 1.07 bits per heavy atom. The third kappa shape index (κ3) is 7.07. The number of anilines is 4. The molecule has 7 aromatic rings. The minimum Gasteiger partial charge on any atom is -0.348 e. The Labute approximate surface area is 325 Å². The van der Waals surface area contributed by atoms with Crippen LogP contribution in [-0.2, 0) is 0 Å². The normalized spacial score (nSPS) is 13.9. The van der Waals surface area contributed by atoms with Crippen LogP contribution in [0.25, 0.3) is 44.2 Å². The number of nitrogens with zero attached hydrogens (tertiary/aromatic N) is 2. The van der Waals surface area contributed by atoms with Gasteiger partial charge in [-0.3, -0.25) is 0 Å². The van der Waals surface area contributed by atoms with Crippen LogP contribution in [0.4, 0.5) is 22.7 Å². The fourth-order valence-corrected chi connectivity index (χ4v) is 8.07. The second kappa shape index (κ2) is 15.4. The average molecular weight is 709 g/mol. The molecule has 2 aliphatic rings. The first-order valence-corrected chi connectivity index (χ1v) is 19.4. The van der Waals surface area contributed by atoms with Crippen LogP contribution < -0.4 is 9.80 Å². The molecule has 7 aromatic carbocycles. The standard InChI is InChI=1S/C53H44N2/c1-54(46-31-23-41(24-32-46)39-13-4-2-5-14-39)47-33-27-44(28-34-47)50-19-10-11-20-51(50)45-29-37-49(38-30-45)55(53-22-12-18-43-17-8-9-21-52(43)53)48-35-25-42(26-36-48)40-15-6-3-7-16-40/h2,4-6,8-27,29-33,35-38H,3,7,28,34H2,1H3. The van der Waals surface area contributed by atoms with Gasteiger partial charge in [-0.05, 0) is 124 Å². The molecule has 0 spiro atoms. The van der Waals surface area contributed by atoms with Crippen LogP contribution in [0.2, 0.25) is 0 Å².